The molecule has 0 aromatic heterocycles. The number of nitrogens with one attached hydrogen (secondary N) is 1. The van der Waals surface area contributed by atoms with Crippen LogP contribution in [0.3, 0.4) is 0 Å². The molecule has 0 aromatic carbocycles. The topological polar surface area (TPSA) is 32.3 Å². The molecule has 4 heteroatoms. The highest BCUT2D eigenvalue weighted by Gasteiger charge is 2.11. The molecule has 0 saturated carbocycles. The van der Waals surface area contributed by atoms with Gasteiger partial charge in [-0.1, -0.05) is 20.8 Å². The number of hydrogen-bond acceptors (Lipinski definition) is 3. The normalized spacial score (nSPS) is 12.9. The second-order valence-electron chi connectivity index (χ2n) is 4.66. The standard InChI is InChI=1S/C12H26N2OS/c1-10(2)12(15)14(4)9-8-13-7-5-6-11(3)16/h10-11,13,16H,5-9H2,1-4H3. The zero-order chi connectivity index (χ0) is 12.6. The largest absolute Gasteiger partial charge is 0.344 e. The van der Waals surface area contributed by atoms with Crippen LogP contribution in [0.2, 0.25) is 0 Å². The number of rotatable bonds is 8. The first kappa shape index (κ1) is 15.8. The van der Waals surface area contributed by atoms with Crippen molar-refractivity contribution in [1.82, 2.24) is 10.2 Å². The molecule has 1 N–H and O–H groups in total. The summed E-state index contributed by atoms with van der Waals surface area (Å²) in [5, 5.41) is 3.82. The molecule has 0 radical (unpaired) electrons. The van der Waals surface area contributed by atoms with E-state index in [2.05, 4.69) is 24.9 Å². The van der Waals surface area contributed by atoms with E-state index in [-0.39, 0.29) is 11.8 Å². The Labute approximate surface area is 105 Å². The Bertz CT molecular complexity index is 195. The van der Waals surface area contributed by atoms with Gasteiger partial charge in [-0.15, -0.1) is 0 Å². The number of carbonyl (C=O) groups excluding carboxylic acids is 1. The molecule has 1 atom stereocenters. The molecule has 1 unspecified atom stereocenters. The van der Waals surface area contributed by atoms with Crippen LogP contribution in [0, 0.1) is 5.92 Å². The molecule has 0 aromatic rings. The summed E-state index contributed by atoms with van der Waals surface area (Å²) in [6.07, 6.45) is 2.28. The predicted octanol–water partition coefficient (Wildman–Crippen LogP) is 1.79. The highest BCUT2D eigenvalue weighted by atomic mass is 32.1. The van der Waals surface area contributed by atoms with Gasteiger partial charge in [-0.05, 0) is 24.6 Å². The van der Waals surface area contributed by atoms with Gasteiger partial charge in [-0.25, -0.2) is 0 Å². The molecular weight excluding hydrogens is 220 g/mol. The first-order valence-electron chi connectivity index (χ1n) is 6.09. The van der Waals surface area contributed by atoms with E-state index in [4.69, 9.17) is 0 Å². The summed E-state index contributed by atoms with van der Waals surface area (Å²) in [5.41, 5.74) is 0. The van der Waals surface area contributed by atoms with Crippen LogP contribution in [-0.2, 0) is 4.79 Å². The van der Waals surface area contributed by atoms with Crippen molar-refractivity contribution in [1.29, 1.82) is 0 Å². The number of thiol groups is 1. The molecular formula is C12H26N2OS. The fraction of sp³-hybridized carbons (Fsp3) is 0.917. The Kier molecular flexibility index (Phi) is 8.76. The minimum Gasteiger partial charge on any atom is -0.344 e. The van der Waals surface area contributed by atoms with Gasteiger partial charge in [-0.3, -0.25) is 4.79 Å². The first-order chi connectivity index (χ1) is 7.45. The second-order valence-corrected chi connectivity index (χ2v) is 5.54. The molecule has 0 aliphatic carbocycles. The molecule has 0 fully saturated rings. The van der Waals surface area contributed by atoms with Gasteiger partial charge >= 0.3 is 0 Å². The molecule has 0 aliphatic heterocycles. The monoisotopic (exact) mass is 246 g/mol. The van der Waals surface area contributed by atoms with E-state index in [9.17, 15) is 4.79 Å². The van der Waals surface area contributed by atoms with Crippen molar-refractivity contribution in [2.24, 2.45) is 5.92 Å². The lowest BCUT2D eigenvalue weighted by Gasteiger charge is -2.19. The molecule has 0 heterocycles. The van der Waals surface area contributed by atoms with Crippen LogP contribution in [0.1, 0.15) is 33.6 Å². The van der Waals surface area contributed by atoms with Crippen LogP contribution >= 0.6 is 12.6 Å². The summed E-state index contributed by atoms with van der Waals surface area (Å²) in [7, 11) is 1.86. The third-order valence-electron chi connectivity index (χ3n) is 2.47. The van der Waals surface area contributed by atoms with E-state index in [1.807, 2.05) is 20.9 Å². The van der Waals surface area contributed by atoms with E-state index in [1.54, 1.807) is 4.90 Å². The summed E-state index contributed by atoms with van der Waals surface area (Å²) in [6, 6.07) is 0. The van der Waals surface area contributed by atoms with Crippen LogP contribution in [0.15, 0.2) is 0 Å². The number of hydrogen-bond donors (Lipinski definition) is 2. The number of carbonyl (C=O) groups is 1. The average molecular weight is 246 g/mol. The minimum atomic E-state index is 0.0926. The van der Waals surface area contributed by atoms with Gasteiger partial charge in [0.1, 0.15) is 0 Å². The Balaban J connectivity index is 3.41. The Morgan fingerprint density at radius 1 is 1.31 bits per heavy atom. The average Bonchev–Trinajstić information content (AvgIpc) is 2.21. The fourth-order valence-corrected chi connectivity index (χ4v) is 1.63. The van der Waals surface area contributed by atoms with E-state index >= 15 is 0 Å². The summed E-state index contributed by atoms with van der Waals surface area (Å²) in [6.45, 7) is 8.64. The zero-order valence-electron chi connectivity index (χ0n) is 11.0. The molecule has 0 aliphatic rings. The maximum absolute atomic E-state index is 11.5. The van der Waals surface area contributed by atoms with Crippen LogP contribution < -0.4 is 5.32 Å². The maximum Gasteiger partial charge on any atom is 0.224 e. The first-order valence-corrected chi connectivity index (χ1v) is 6.60. The Morgan fingerprint density at radius 2 is 1.94 bits per heavy atom. The van der Waals surface area contributed by atoms with Crippen molar-refractivity contribution >= 4 is 18.5 Å². The van der Waals surface area contributed by atoms with Crippen LogP contribution in [0.25, 0.3) is 0 Å². The predicted molar refractivity (Wildman–Crippen MR) is 73.0 cm³/mol. The van der Waals surface area contributed by atoms with Crippen LogP contribution in [0.5, 0.6) is 0 Å². The maximum atomic E-state index is 11.5. The summed E-state index contributed by atoms with van der Waals surface area (Å²) >= 11 is 4.32. The van der Waals surface area contributed by atoms with E-state index in [0.717, 1.165) is 32.5 Å². The van der Waals surface area contributed by atoms with Crippen LogP contribution in [0.4, 0.5) is 0 Å². The lowest BCUT2D eigenvalue weighted by molar-refractivity contribution is -0.133. The fourth-order valence-electron chi connectivity index (χ4n) is 1.45. The molecule has 0 bridgehead atoms. The molecule has 0 saturated heterocycles. The van der Waals surface area contributed by atoms with Gasteiger partial charge in [0.25, 0.3) is 0 Å². The molecule has 0 spiro atoms. The summed E-state index contributed by atoms with van der Waals surface area (Å²) in [4.78, 5) is 13.3. The third kappa shape index (κ3) is 7.99. The quantitative estimate of drug-likeness (QED) is 0.505. The number of likely N-dealkylation sites (N-methyl/N-ethyl adjacent to an activating group) is 1. The minimum absolute atomic E-state index is 0.0926. The molecule has 3 nitrogen and oxygen atoms in total. The lowest BCUT2D eigenvalue weighted by atomic mass is 10.2. The smallest absolute Gasteiger partial charge is 0.224 e. The summed E-state index contributed by atoms with van der Waals surface area (Å²) < 4.78 is 0. The molecule has 1 amide bonds. The second kappa shape index (κ2) is 8.88. The zero-order valence-corrected chi connectivity index (χ0v) is 11.9. The van der Waals surface area contributed by atoms with Crippen molar-refractivity contribution in [3.05, 3.63) is 0 Å². The molecule has 96 valence electrons. The lowest BCUT2D eigenvalue weighted by Crippen LogP contribution is -2.36. The highest BCUT2D eigenvalue weighted by molar-refractivity contribution is 7.80. The Hall–Kier alpha value is -0.220. The van der Waals surface area contributed by atoms with Gasteiger partial charge in [0.05, 0.1) is 0 Å². The number of nitrogens with zero attached hydrogens (tertiary/aromatic N) is 1. The van der Waals surface area contributed by atoms with Gasteiger partial charge in [-0.2, -0.15) is 12.6 Å². The summed E-state index contributed by atoms with van der Waals surface area (Å²) in [5.74, 6) is 0.306. The Morgan fingerprint density at radius 3 is 2.44 bits per heavy atom. The van der Waals surface area contributed by atoms with Gasteiger partial charge in [0.2, 0.25) is 5.91 Å². The van der Waals surface area contributed by atoms with E-state index < -0.39 is 0 Å². The van der Waals surface area contributed by atoms with Crippen molar-refractivity contribution in [3.8, 4) is 0 Å². The number of amides is 1. The van der Waals surface area contributed by atoms with Crippen molar-refractivity contribution in [2.45, 2.75) is 38.9 Å². The molecule has 16 heavy (non-hydrogen) atoms. The SMILES string of the molecule is CC(S)CCCNCCN(C)C(=O)C(C)C. The van der Waals surface area contributed by atoms with Gasteiger partial charge < -0.3 is 10.2 Å². The van der Waals surface area contributed by atoms with Gasteiger partial charge in [0.15, 0.2) is 0 Å². The highest BCUT2D eigenvalue weighted by Crippen LogP contribution is 2.01. The van der Waals surface area contributed by atoms with Crippen molar-refractivity contribution < 1.29 is 4.79 Å². The van der Waals surface area contributed by atoms with Gasteiger partial charge in [0, 0.05) is 26.1 Å². The van der Waals surface area contributed by atoms with Crippen LogP contribution in [-0.4, -0.2) is 42.7 Å². The third-order valence-corrected chi connectivity index (χ3v) is 2.73. The van der Waals surface area contributed by atoms with E-state index in [1.165, 1.54) is 0 Å². The van der Waals surface area contributed by atoms with Crippen molar-refractivity contribution in [3.63, 3.8) is 0 Å². The van der Waals surface area contributed by atoms with E-state index in [0.29, 0.717) is 5.25 Å². The van der Waals surface area contributed by atoms with Crippen molar-refractivity contribution in [2.75, 3.05) is 26.7 Å². The molecule has 0 rings (SSSR count).